The minimum atomic E-state index is -1.56. The molecule has 7 heteroatoms. The molecule has 0 saturated carbocycles. The van der Waals surface area contributed by atoms with E-state index in [-0.39, 0.29) is 6.10 Å². The smallest absolute Gasteiger partial charge is 0.249 e. The molecule has 0 aromatic heterocycles. The fraction of sp³-hybridized carbons (Fsp3) is 0.900. The largest absolute Gasteiger partial charge is 0.387 e. The summed E-state index contributed by atoms with van der Waals surface area (Å²) >= 11 is 0. The molecule has 6 atom stereocenters. The summed E-state index contributed by atoms with van der Waals surface area (Å²) in [7, 11) is 0. The highest BCUT2D eigenvalue weighted by Crippen LogP contribution is 2.23. The van der Waals surface area contributed by atoms with Gasteiger partial charge in [0, 0.05) is 0 Å². The first kappa shape index (κ1) is 14.3. The predicted octanol–water partition coefficient (Wildman–Crippen LogP) is -1.91. The van der Waals surface area contributed by atoms with Crippen molar-refractivity contribution in [2.24, 2.45) is 5.73 Å². The van der Waals surface area contributed by atoms with Crippen LogP contribution in [0.15, 0.2) is 0 Å². The molecule has 1 fully saturated rings. The van der Waals surface area contributed by atoms with E-state index in [0.29, 0.717) is 6.42 Å². The zero-order chi connectivity index (χ0) is 13.2. The molecule has 3 unspecified atom stereocenters. The average molecular weight is 249 g/mol. The van der Waals surface area contributed by atoms with E-state index in [0.717, 1.165) is 0 Å². The number of ether oxygens (including phenoxy) is 2. The van der Waals surface area contributed by atoms with E-state index in [1.54, 1.807) is 6.92 Å². The Hall–Kier alpha value is -0.730. The third kappa shape index (κ3) is 3.14. The summed E-state index contributed by atoms with van der Waals surface area (Å²) in [5, 5.41) is 28.7. The first-order valence-electron chi connectivity index (χ1n) is 5.52. The molecule has 1 rings (SSSR count). The van der Waals surface area contributed by atoms with Gasteiger partial charge in [-0.1, -0.05) is 6.92 Å². The molecule has 1 aliphatic heterocycles. The molecule has 1 saturated heterocycles. The van der Waals surface area contributed by atoms with Crippen LogP contribution in [0.4, 0.5) is 0 Å². The molecule has 1 amide bonds. The Morgan fingerprint density at radius 1 is 1.35 bits per heavy atom. The van der Waals surface area contributed by atoms with Crippen molar-refractivity contribution in [2.45, 2.75) is 57.1 Å². The SMILES string of the molecule is CCC(C)O[C@H]1OC(C(N)=O)[C@@H](O)C(O)[C@@H]1O. The summed E-state index contributed by atoms with van der Waals surface area (Å²) in [4.78, 5) is 11.0. The highest BCUT2D eigenvalue weighted by molar-refractivity contribution is 5.79. The molecule has 0 spiro atoms. The topological polar surface area (TPSA) is 122 Å². The predicted molar refractivity (Wildman–Crippen MR) is 56.7 cm³/mol. The van der Waals surface area contributed by atoms with Gasteiger partial charge >= 0.3 is 0 Å². The zero-order valence-corrected chi connectivity index (χ0v) is 9.81. The van der Waals surface area contributed by atoms with Crippen LogP contribution in [0.2, 0.25) is 0 Å². The standard InChI is InChI=1S/C10H19NO6/c1-3-4(2)16-10-7(14)5(12)6(13)8(17-10)9(11)15/h4-8,10,12-14H,3H2,1-2H3,(H2,11,15)/t4?,5?,6-,7-,8?,10-/m0/s1. The van der Waals surface area contributed by atoms with Gasteiger partial charge in [-0.3, -0.25) is 4.79 Å². The summed E-state index contributed by atoms with van der Waals surface area (Å²) in [5.74, 6) is -0.916. The van der Waals surface area contributed by atoms with Crippen molar-refractivity contribution in [1.82, 2.24) is 0 Å². The molecule has 1 aliphatic rings. The molecular formula is C10H19NO6. The summed E-state index contributed by atoms with van der Waals surface area (Å²) in [6, 6.07) is 0. The number of amides is 1. The van der Waals surface area contributed by atoms with Gasteiger partial charge < -0.3 is 30.5 Å². The Morgan fingerprint density at radius 2 is 1.94 bits per heavy atom. The van der Waals surface area contributed by atoms with E-state index >= 15 is 0 Å². The van der Waals surface area contributed by atoms with Gasteiger partial charge in [0.05, 0.1) is 6.10 Å². The molecule has 17 heavy (non-hydrogen) atoms. The molecule has 0 bridgehead atoms. The van der Waals surface area contributed by atoms with Crippen LogP contribution in [0.25, 0.3) is 0 Å². The molecular weight excluding hydrogens is 230 g/mol. The third-order valence-corrected chi connectivity index (χ3v) is 2.79. The fourth-order valence-corrected chi connectivity index (χ4v) is 1.52. The summed E-state index contributed by atoms with van der Waals surface area (Å²) in [6.45, 7) is 3.63. The van der Waals surface area contributed by atoms with Gasteiger partial charge in [-0.05, 0) is 13.3 Å². The van der Waals surface area contributed by atoms with Crippen molar-refractivity contribution in [1.29, 1.82) is 0 Å². The number of carbonyl (C=O) groups is 1. The van der Waals surface area contributed by atoms with E-state index < -0.39 is 36.6 Å². The number of aliphatic hydroxyl groups is 3. The zero-order valence-electron chi connectivity index (χ0n) is 9.81. The van der Waals surface area contributed by atoms with E-state index in [4.69, 9.17) is 15.2 Å². The Bertz CT molecular complexity index is 274. The highest BCUT2D eigenvalue weighted by atomic mass is 16.7. The number of primary amides is 1. The molecule has 1 heterocycles. The van der Waals surface area contributed by atoms with Crippen LogP contribution in [-0.4, -0.2) is 58.0 Å². The Kier molecular flexibility index (Phi) is 4.84. The van der Waals surface area contributed by atoms with Crippen LogP contribution in [0, 0.1) is 0 Å². The molecule has 0 aromatic carbocycles. The van der Waals surface area contributed by atoms with Crippen molar-refractivity contribution in [2.75, 3.05) is 0 Å². The van der Waals surface area contributed by atoms with E-state index in [1.807, 2.05) is 6.92 Å². The first-order chi connectivity index (χ1) is 7.88. The minimum absolute atomic E-state index is 0.217. The number of hydrogen-bond acceptors (Lipinski definition) is 6. The molecule has 0 aromatic rings. The lowest BCUT2D eigenvalue weighted by Gasteiger charge is -2.39. The maximum absolute atomic E-state index is 11.0. The Labute approximate surface area is 99.1 Å². The Morgan fingerprint density at radius 3 is 2.41 bits per heavy atom. The van der Waals surface area contributed by atoms with Gasteiger partial charge in [0.2, 0.25) is 5.91 Å². The van der Waals surface area contributed by atoms with E-state index in [9.17, 15) is 20.1 Å². The summed E-state index contributed by atoms with van der Waals surface area (Å²) in [6.07, 6.45) is -6.62. The average Bonchev–Trinajstić information content (AvgIpc) is 2.29. The van der Waals surface area contributed by atoms with Crippen LogP contribution < -0.4 is 5.73 Å². The quantitative estimate of drug-likeness (QED) is 0.461. The maximum atomic E-state index is 11.0. The van der Waals surface area contributed by atoms with E-state index in [2.05, 4.69) is 0 Å². The van der Waals surface area contributed by atoms with Crippen LogP contribution in [-0.2, 0) is 14.3 Å². The maximum Gasteiger partial charge on any atom is 0.249 e. The van der Waals surface area contributed by atoms with Gasteiger partial charge in [-0.2, -0.15) is 0 Å². The van der Waals surface area contributed by atoms with Crippen molar-refractivity contribution < 1.29 is 29.6 Å². The number of aliphatic hydroxyl groups excluding tert-OH is 3. The normalized spacial score (nSPS) is 39.9. The number of carbonyl (C=O) groups excluding carboxylic acids is 1. The second-order valence-electron chi connectivity index (χ2n) is 4.15. The molecule has 5 N–H and O–H groups in total. The van der Waals surface area contributed by atoms with Gasteiger partial charge in [0.1, 0.15) is 18.3 Å². The lowest BCUT2D eigenvalue weighted by atomic mass is 9.98. The van der Waals surface area contributed by atoms with Gasteiger partial charge in [0.15, 0.2) is 12.4 Å². The molecule has 7 nitrogen and oxygen atoms in total. The lowest BCUT2D eigenvalue weighted by molar-refractivity contribution is -0.299. The van der Waals surface area contributed by atoms with Crippen molar-refractivity contribution >= 4 is 5.91 Å². The van der Waals surface area contributed by atoms with Crippen molar-refractivity contribution in [3.63, 3.8) is 0 Å². The number of nitrogens with two attached hydrogens (primary N) is 1. The monoisotopic (exact) mass is 249 g/mol. The van der Waals surface area contributed by atoms with Crippen LogP contribution >= 0.6 is 0 Å². The highest BCUT2D eigenvalue weighted by Gasteiger charge is 2.46. The molecule has 100 valence electrons. The number of hydrogen-bond donors (Lipinski definition) is 4. The van der Waals surface area contributed by atoms with Crippen LogP contribution in [0.5, 0.6) is 0 Å². The van der Waals surface area contributed by atoms with Crippen molar-refractivity contribution in [3.05, 3.63) is 0 Å². The second kappa shape index (κ2) is 5.74. The third-order valence-electron chi connectivity index (χ3n) is 2.79. The van der Waals surface area contributed by atoms with Crippen LogP contribution in [0.3, 0.4) is 0 Å². The summed E-state index contributed by atoms with van der Waals surface area (Å²) < 4.78 is 10.4. The van der Waals surface area contributed by atoms with Gasteiger partial charge in [0.25, 0.3) is 0 Å². The van der Waals surface area contributed by atoms with Crippen LogP contribution in [0.1, 0.15) is 20.3 Å². The van der Waals surface area contributed by atoms with E-state index in [1.165, 1.54) is 0 Å². The van der Waals surface area contributed by atoms with Crippen molar-refractivity contribution in [3.8, 4) is 0 Å². The molecule has 0 aliphatic carbocycles. The first-order valence-corrected chi connectivity index (χ1v) is 5.52. The number of rotatable bonds is 4. The summed E-state index contributed by atoms with van der Waals surface area (Å²) in [5.41, 5.74) is 5.02. The Balaban J connectivity index is 2.74. The van der Waals surface area contributed by atoms with Gasteiger partial charge in [-0.15, -0.1) is 0 Å². The molecule has 0 radical (unpaired) electrons. The lowest BCUT2D eigenvalue weighted by Crippen LogP contribution is -2.61. The fourth-order valence-electron chi connectivity index (χ4n) is 1.52. The second-order valence-corrected chi connectivity index (χ2v) is 4.15. The van der Waals surface area contributed by atoms with Gasteiger partial charge in [-0.25, -0.2) is 0 Å². The minimum Gasteiger partial charge on any atom is -0.387 e.